The van der Waals surface area contributed by atoms with Gasteiger partial charge in [-0.3, -0.25) is 9.98 Å². The van der Waals surface area contributed by atoms with Gasteiger partial charge in [-0.1, -0.05) is 6.07 Å². The Hall–Kier alpha value is -4.08. The molecule has 5 rings (SSSR count). The van der Waals surface area contributed by atoms with Crippen molar-refractivity contribution in [1.29, 1.82) is 0 Å². The van der Waals surface area contributed by atoms with Crippen molar-refractivity contribution in [2.45, 2.75) is 25.8 Å². The lowest BCUT2D eigenvalue weighted by molar-refractivity contribution is 0.416. The van der Waals surface area contributed by atoms with Crippen LogP contribution in [0.1, 0.15) is 24.1 Å². The molecule has 0 amide bonds. The first-order valence-electron chi connectivity index (χ1n) is 9.87. The zero-order valence-electron chi connectivity index (χ0n) is 17.0. The zero-order chi connectivity index (χ0) is 21.5. The first-order valence-corrected chi connectivity index (χ1v) is 9.87. The molecule has 0 aliphatic heterocycles. The number of nitrogens with one attached hydrogen (secondary N) is 3. The first-order chi connectivity index (χ1) is 15.0. The minimum Gasteiger partial charge on any atom is -0.495 e. The van der Waals surface area contributed by atoms with Crippen LogP contribution in [-0.4, -0.2) is 42.8 Å². The number of aromatic nitrogens is 5. The average molecular weight is 419 g/mol. The maximum Gasteiger partial charge on any atom is 0.326 e. The molecule has 0 spiro atoms. The maximum atomic E-state index is 11.5. The summed E-state index contributed by atoms with van der Waals surface area (Å²) in [6.07, 6.45) is 5.34. The van der Waals surface area contributed by atoms with E-state index >= 15 is 0 Å². The van der Waals surface area contributed by atoms with Crippen molar-refractivity contribution in [3.63, 3.8) is 0 Å². The molecule has 1 aliphatic carbocycles. The third-order valence-corrected chi connectivity index (χ3v) is 4.99. The molecule has 0 unspecified atom stereocenters. The predicted octanol–water partition coefficient (Wildman–Crippen LogP) is 1.12. The van der Waals surface area contributed by atoms with E-state index in [0.29, 0.717) is 27.9 Å². The van der Waals surface area contributed by atoms with Crippen molar-refractivity contribution in [1.82, 2.24) is 24.6 Å². The van der Waals surface area contributed by atoms with Crippen LogP contribution in [0.15, 0.2) is 40.2 Å². The predicted molar refractivity (Wildman–Crippen MR) is 114 cm³/mol. The molecule has 1 fully saturated rings. The van der Waals surface area contributed by atoms with Crippen molar-refractivity contribution in [2.75, 3.05) is 12.4 Å². The van der Waals surface area contributed by atoms with Gasteiger partial charge in [-0.15, -0.1) is 0 Å². The Bertz CT molecular complexity index is 1460. The molecule has 1 aromatic carbocycles. The number of benzene rings is 1. The van der Waals surface area contributed by atoms with Gasteiger partial charge >= 0.3 is 5.69 Å². The second kappa shape index (κ2) is 7.31. The normalized spacial score (nSPS) is 15.0. The fraction of sp³-hybridized carbons (Fsp3) is 0.238. The quantitative estimate of drug-likeness (QED) is 0.383. The average Bonchev–Trinajstić information content (AvgIpc) is 3.37. The molecule has 4 N–H and O–H groups in total. The van der Waals surface area contributed by atoms with Gasteiger partial charge in [0.05, 0.1) is 25.0 Å². The van der Waals surface area contributed by atoms with Gasteiger partial charge in [-0.2, -0.15) is 9.61 Å². The molecular weight excluding hydrogens is 398 g/mol. The molecule has 1 aliphatic rings. The lowest BCUT2D eigenvalue weighted by atomic mass is 10.2. The maximum absolute atomic E-state index is 11.5. The van der Waals surface area contributed by atoms with Crippen LogP contribution in [0.4, 0.5) is 11.5 Å². The Balaban J connectivity index is 1.69. The van der Waals surface area contributed by atoms with Gasteiger partial charge in [-0.25, -0.2) is 9.78 Å². The zero-order valence-corrected chi connectivity index (χ0v) is 17.0. The highest BCUT2D eigenvalue weighted by molar-refractivity contribution is 5.66. The topological polar surface area (TPSA) is 133 Å². The van der Waals surface area contributed by atoms with E-state index in [-0.39, 0.29) is 17.6 Å². The highest BCUT2D eigenvalue weighted by atomic mass is 16.5. The molecule has 0 radical (unpaired) electrons. The summed E-state index contributed by atoms with van der Waals surface area (Å²) in [4.78, 5) is 25.8. The van der Waals surface area contributed by atoms with E-state index in [1.165, 1.54) is 0 Å². The molecule has 4 aromatic rings. The SMILES string of the molecule is COc1ccc(C)cc1Nc1cc(=NC2CC2)n2nc/c(=C/c3[nH]c(=O)[nH]c3O)c2n1. The van der Waals surface area contributed by atoms with Gasteiger partial charge in [0, 0.05) is 11.3 Å². The minimum atomic E-state index is -0.494. The molecule has 0 saturated heterocycles. The van der Waals surface area contributed by atoms with E-state index in [0.717, 1.165) is 24.1 Å². The highest BCUT2D eigenvalue weighted by Crippen LogP contribution is 2.28. The van der Waals surface area contributed by atoms with Gasteiger partial charge in [-0.05, 0) is 43.5 Å². The van der Waals surface area contributed by atoms with Crippen molar-refractivity contribution >= 4 is 23.2 Å². The Morgan fingerprint density at radius 1 is 1.32 bits per heavy atom. The van der Waals surface area contributed by atoms with Gasteiger partial charge in [0.1, 0.15) is 17.3 Å². The Morgan fingerprint density at radius 3 is 2.87 bits per heavy atom. The first kappa shape index (κ1) is 18.9. The summed E-state index contributed by atoms with van der Waals surface area (Å²) in [7, 11) is 1.62. The Labute approximate surface area is 176 Å². The third kappa shape index (κ3) is 3.75. The number of hydrogen-bond donors (Lipinski definition) is 4. The van der Waals surface area contributed by atoms with Crippen LogP contribution in [0.3, 0.4) is 0 Å². The summed E-state index contributed by atoms with van der Waals surface area (Å²) in [5.41, 5.74) is 2.84. The largest absolute Gasteiger partial charge is 0.495 e. The second-order valence-corrected chi connectivity index (χ2v) is 7.51. The number of nitrogens with zero attached hydrogens (tertiary/aromatic N) is 4. The number of aromatic amines is 2. The van der Waals surface area contributed by atoms with Gasteiger partial charge in [0.15, 0.2) is 11.1 Å². The molecule has 3 aromatic heterocycles. The van der Waals surface area contributed by atoms with Crippen molar-refractivity contribution in [3.05, 3.63) is 62.9 Å². The summed E-state index contributed by atoms with van der Waals surface area (Å²) in [5, 5.41) is 18.3. The molecule has 0 bridgehead atoms. The second-order valence-electron chi connectivity index (χ2n) is 7.51. The van der Waals surface area contributed by atoms with Crippen LogP contribution in [0.5, 0.6) is 11.6 Å². The molecule has 0 atom stereocenters. The Morgan fingerprint density at radius 2 is 2.16 bits per heavy atom. The number of ether oxygens (including phenoxy) is 1. The van der Waals surface area contributed by atoms with Crippen LogP contribution >= 0.6 is 0 Å². The van der Waals surface area contributed by atoms with Crippen LogP contribution in [0, 0.1) is 6.92 Å². The minimum absolute atomic E-state index is 0.244. The summed E-state index contributed by atoms with van der Waals surface area (Å²) in [5.74, 6) is 1.03. The summed E-state index contributed by atoms with van der Waals surface area (Å²) in [6.45, 7) is 2.00. The molecule has 10 heteroatoms. The molecule has 1 saturated carbocycles. The standard InChI is InChI=1S/C21H21N7O3/c1-11-3-6-16(31-2)14(7-11)24-17-9-18(23-13-4-5-13)28-19(26-17)12(10-22-28)8-15-20(29)27-21(30)25-15/h3,6-10,13,24,29H,4-5H2,1-2H3,(H2,25,27,30)/b12-8-,23-18?. The van der Waals surface area contributed by atoms with E-state index in [9.17, 15) is 9.90 Å². The third-order valence-electron chi connectivity index (χ3n) is 4.99. The molecule has 31 heavy (non-hydrogen) atoms. The fourth-order valence-corrected chi connectivity index (χ4v) is 3.32. The van der Waals surface area contributed by atoms with E-state index < -0.39 is 5.69 Å². The summed E-state index contributed by atoms with van der Waals surface area (Å²) < 4.78 is 7.12. The van der Waals surface area contributed by atoms with Gasteiger partial charge in [0.2, 0.25) is 5.88 Å². The lowest BCUT2D eigenvalue weighted by Crippen LogP contribution is -2.20. The van der Waals surface area contributed by atoms with E-state index in [4.69, 9.17) is 14.7 Å². The van der Waals surface area contributed by atoms with E-state index in [2.05, 4.69) is 20.4 Å². The molecule has 3 heterocycles. The number of aryl methyl sites for hydroxylation is 1. The van der Waals surface area contributed by atoms with Crippen LogP contribution in [0.25, 0.3) is 11.7 Å². The number of imidazole rings is 1. The number of methoxy groups -OCH3 is 1. The summed E-state index contributed by atoms with van der Waals surface area (Å²) >= 11 is 0. The Kier molecular flexibility index (Phi) is 4.46. The van der Waals surface area contributed by atoms with Crippen molar-refractivity contribution in [3.8, 4) is 11.6 Å². The van der Waals surface area contributed by atoms with E-state index in [1.54, 1.807) is 23.9 Å². The molecule has 158 valence electrons. The summed E-state index contributed by atoms with van der Waals surface area (Å²) in [6, 6.07) is 7.99. The molecular formula is C21H21N7O3. The monoisotopic (exact) mass is 419 g/mol. The number of anilines is 2. The van der Waals surface area contributed by atoms with Crippen LogP contribution in [0.2, 0.25) is 0 Å². The smallest absolute Gasteiger partial charge is 0.326 e. The number of fused-ring (bicyclic) bond motifs is 1. The number of aromatic hydroxyl groups is 1. The van der Waals surface area contributed by atoms with Crippen LogP contribution < -0.4 is 26.4 Å². The van der Waals surface area contributed by atoms with Gasteiger partial charge < -0.3 is 20.1 Å². The number of H-pyrrole nitrogens is 2. The number of rotatable bonds is 5. The highest BCUT2D eigenvalue weighted by Gasteiger charge is 2.20. The fourth-order valence-electron chi connectivity index (χ4n) is 3.32. The molecule has 10 nitrogen and oxygen atoms in total. The van der Waals surface area contributed by atoms with E-state index in [1.807, 2.05) is 31.2 Å². The van der Waals surface area contributed by atoms with Crippen molar-refractivity contribution in [2.24, 2.45) is 4.99 Å². The lowest BCUT2D eigenvalue weighted by Gasteiger charge is -2.11. The van der Waals surface area contributed by atoms with Crippen molar-refractivity contribution < 1.29 is 9.84 Å². The van der Waals surface area contributed by atoms with Crippen LogP contribution in [-0.2, 0) is 0 Å². The number of hydrogen-bond acceptors (Lipinski definition) is 7. The van der Waals surface area contributed by atoms with Gasteiger partial charge in [0.25, 0.3) is 0 Å².